The van der Waals surface area contributed by atoms with Crippen LogP contribution in [0.15, 0.2) is 16.7 Å². The van der Waals surface area contributed by atoms with Crippen LogP contribution >= 0.6 is 0 Å². The van der Waals surface area contributed by atoms with Gasteiger partial charge in [-0.15, -0.1) is 0 Å². The van der Waals surface area contributed by atoms with Crippen molar-refractivity contribution in [3.63, 3.8) is 0 Å². The van der Waals surface area contributed by atoms with E-state index in [4.69, 9.17) is 9.15 Å². The number of likely N-dealkylation sites (N-methyl/N-ethyl adjacent to an activating group) is 1. The molecule has 1 aliphatic heterocycles. The molecule has 0 amide bonds. The molecule has 1 aliphatic rings. The molecule has 2 unspecified atom stereocenters. The SMILES string of the molecule is CC(C)NCc1ccoc1CN(C)C1CCOC1C. The van der Waals surface area contributed by atoms with Crippen LogP contribution in [0.4, 0.5) is 0 Å². The van der Waals surface area contributed by atoms with E-state index in [2.05, 4.69) is 44.1 Å². The minimum Gasteiger partial charge on any atom is -0.468 e. The summed E-state index contributed by atoms with van der Waals surface area (Å²) in [5.74, 6) is 1.06. The van der Waals surface area contributed by atoms with Crippen molar-refractivity contribution in [2.75, 3.05) is 13.7 Å². The van der Waals surface area contributed by atoms with Crippen molar-refractivity contribution in [3.05, 3.63) is 23.7 Å². The van der Waals surface area contributed by atoms with Gasteiger partial charge < -0.3 is 14.5 Å². The number of nitrogens with one attached hydrogen (secondary N) is 1. The van der Waals surface area contributed by atoms with E-state index in [-0.39, 0.29) is 0 Å². The van der Waals surface area contributed by atoms with Crippen LogP contribution in [0.5, 0.6) is 0 Å². The van der Waals surface area contributed by atoms with Crippen LogP contribution in [0.1, 0.15) is 38.5 Å². The Bertz CT molecular complexity index is 389. The minimum atomic E-state index is 0.317. The van der Waals surface area contributed by atoms with Gasteiger partial charge in [0.15, 0.2) is 0 Å². The third-order valence-corrected chi connectivity index (χ3v) is 3.83. The summed E-state index contributed by atoms with van der Waals surface area (Å²) in [4.78, 5) is 2.34. The topological polar surface area (TPSA) is 37.6 Å². The van der Waals surface area contributed by atoms with Gasteiger partial charge in [-0.3, -0.25) is 4.90 Å². The largest absolute Gasteiger partial charge is 0.468 e. The Morgan fingerprint density at radius 3 is 2.89 bits per heavy atom. The zero-order valence-electron chi connectivity index (χ0n) is 12.5. The van der Waals surface area contributed by atoms with Crippen molar-refractivity contribution in [2.24, 2.45) is 0 Å². The zero-order valence-corrected chi connectivity index (χ0v) is 12.5. The van der Waals surface area contributed by atoms with Gasteiger partial charge in [0.2, 0.25) is 0 Å². The summed E-state index contributed by atoms with van der Waals surface area (Å²) in [5, 5.41) is 3.44. The molecule has 108 valence electrons. The first-order valence-corrected chi connectivity index (χ1v) is 7.18. The summed E-state index contributed by atoms with van der Waals surface area (Å²) >= 11 is 0. The van der Waals surface area contributed by atoms with E-state index in [1.54, 1.807) is 6.26 Å². The molecule has 0 saturated carbocycles. The Kier molecular flexibility index (Phi) is 5.02. The molecule has 1 aromatic heterocycles. The summed E-state index contributed by atoms with van der Waals surface area (Å²) in [6.07, 6.45) is 3.21. The first-order chi connectivity index (χ1) is 9.08. The number of hydrogen-bond acceptors (Lipinski definition) is 4. The van der Waals surface area contributed by atoms with Crippen LogP contribution in [-0.4, -0.2) is 36.7 Å². The second kappa shape index (κ2) is 6.55. The molecule has 19 heavy (non-hydrogen) atoms. The Morgan fingerprint density at radius 1 is 1.47 bits per heavy atom. The molecule has 2 atom stereocenters. The highest BCUT2D eigenvalue weighted by atomic mass is 16.5. The molecule has 0 aromatic carbocycles. The van der Waals surface area contributed by atoms with E-state index in [0.717, 1.165) is 31.9 Å². The molecular weight excluding hydrogens is 240 g/mol. The maximum absolute atomic E-state index is 5.64. The number of nitrogens with zero attached hydrogens (tertiary/aromatic N) is 1. The number of hydrogen-bond donors (Lipinski definition) is 1. The molecule has 0 spiro atoms. The molecule has 2 heterocycles. The Labute approximate surface area is 116 Å². The van der Waals surface area contributed by atoms with Crippen molar-refractivity contribution in [3.8, 4) is 0 Å². The number of ether oxygens (including phenoxy) is 1. The standard InChI is InChI=1S/C15H26N2O2/c1-11(2)16-9-13-5-7-19-15(13)10-17(4)14-6-8-18-12(14)3/h5,7,11-12,14,16H,6,8-10H2,1-4H3. The van der Waals surface area contributed by atoms with Crippen molar-refractivity contribution in [1.82, 2.24) is 10.2 Å². The summed E-state index contributed by atoms with van der Waals surface area (Å²) in [6.45, 7) is 9.05. The van der Waals surface area contributed by atoms with E-state index < -0.39 is 0 Å². The molecule has 0 bridgehead atoms. The Balaban J connectivity index is 1.93. The third-order valence-electron chi connectivity index (χ3n) is 3.83. The monoisotopic (exact) mass is 266 g/mol. The van der Waals surface area contributed by atoms with Gasteiger partial charge in [-0.1, -0.05) is 13.8 Å². The highest BCUT2D eigenvalue weighted by Gasteiger charge is 2.28. The van der Waals surface area contributed by atoms with Crippen LogP contribution in [-0.2, 0) is 17.8 Å². The maximum Gasteiger partial charge on any atom is 0.122 e. The fraction of sp³-hybridized carbons (Fsp3) is 0.733. The highest BCUT2D eigenvalue weighted by molar-refractivity contribution is 5.17. The van der Waals surface area contributed by atoms with Crippen LogP contribution in [0.3, 0.4) is 0 Å². The zero-order chi connectivity index (χ0) is 13.8. The second-order valence-corrected chi connectivity index (χ2v) is 5.75. The third kappa shape index (κ3) is 3.81. The molecule has 1 fully saturated rings. The lowest BCUT2D eigenvalue weighted by molar-refractivity contribution is 0.0790. The first kappa shape index (κ1) is 14.6. The van der Waals surface area contributed by atoms with Gasteiger partial charge in [0.1, 0.15) is 5.76 Å². The minimum absolute atomic E-state index is 0.317. The highest BCUT2D eigenvalue weighted by Crippen LogP contribution is 2.21. The van der Waals surface area contributed by atoms with Gasteiger partial charge in [-0.25, -0.2) is 0 Å². The molecular formula is C15H26N2O2. The Morgan fingerprint density at radius 2 is 2.26 bits per heavy atom. The summed E-state index contributed by atoms with van der Waals surface area (Å²) in [5.41, 5.74) is 1.26. The lowest BCUT2D eigenvalue weighted by Crippen LogP contribution is -2.36. The first-order valence-electron chi connectivity index (χ1n) is 7.18. The van der Waals surface area contributed by atoms with Crippen molar-refractivity contribution < 1.29 is 9.15 Å². The predicted molar refractivity (Wildman–Crippen MR) is 76.0 cm³/mol. The number of furan rings is 1. The van der Waals surface area contributed by atoms with Crippen molar-refractivity contribution >= 4 is 0 Å². The van der Waals surface area contributed by atoms with Gasteiger partial charge >= 0.3 is 0 Å². The van der Waals surface area contributed by atoms with E-state index >= 15 is 0 Å². The lowest BCUT2D eigenvalue weighted by Gasteiger charge is -2.26. The van der Waals surface area contributed by atoms with Crippen molar-refractivity contribution in [1.29, 1.82) is 0 Å². The van der Waals surface area contributed by atoms with Crippen molar-refractivity contribution in [2.45, 2.75) is 58.5 Å². The predicted octanol–water partition coefficient (Wildman–Crippen LogP) is 2.39. The molecule has 1 aromatic rings. The van der Waals surface area contributed by atoms with Gasteiger partial charge in [-0.2, -0.15) is 0 Å². The summed E-state index contributed by atoms with van der Waals surface area (Å²) < 4.78 is 11.3. The Hall–Kier alpha value is -0.840. The lowest BCUT2D eigenvalue weighted by atomic mass is 10.1. The maximum atomic E-state index is 5.64. The summed E-state index contributed by atoms with van der Waals surface area (Å²) in [7, 11) is 2.15. The van der Waals surface area contributed by atoms with E-state index in [1.807, 2.05) is 0 Å². The quantitative estimate of drug-likeness (QED) is 0.858. The van der Waals surface area contributed by atoms with Crippen LogP contribution in [0.2, 0.25) is 0 Å². The molecule has 4 heteroatoms. The molecule has 0 aliphatic carbocycles. The van der Waals surface area contributed by atoms with Crippen LogP contribution in [0, 0.1) is 0 Å². The fourth-order valence-electron chi connectivity index (χ4n) is 2.62. The van der Waals surface area contributed by atoms with Crippen LogP contribution < -0.4 is 5.32 Å². The smallest absolute Gasteiger partial charge is 0.122 e. The average Bonchev–Trinajstić information content (AvgIpc) is 2.95. The molecule has 1 saturated heterocycles. The number of rotatable bonds is 6. The van der Waals surface area contributed by atoms with Gasteiger partial charge in [-0.05, 0) is 26.5 Å². The fourth-order valence-corrected chi connectivity index (χ4v) is 2.62. The molecule has 1 N–H and O–H groups in total. The average molecular weight is 266 g/mol. The van der Waals surface area contributed by atoms with E-state index in [9.17, 15) is 0 Å². The van der Waals surface area contributed by atoms with Gasteiger partial charge in [0, 0.05) is 30.8 Å². The van der Waals surface area contributed by atoms with E-state index in [1.165, 1.54) is 5.56 Å². The molecule has 4 nitrogen and oxygen atoms in total. The summed E-state index contributed by atoms with van der Waals surface area (Å²) in [6, 6.07) is 3.05. The normalized spacial score (nSPS) is 23.7. The van der Waals surface area contributed by atoms with Crippen LogP contribution in [0.25, 0.3) is 0 Å². The second-order valence-electron chi connectivity index (χ2n) is 5.75. The molecule has 0 radical (unpaired) electrons. The molecule has 2 rings (SSSR count). The van der Waals surface area contributed by atoms with Gasteiger partial charge in [0.05, 0.1) is 18.9 Å². The van der Waals surface area contributed by atoms with Gasteiger partial charge in [0.25, 0.3) is 0 Å². The van der Waals surface area contributed by atoms with E-state index in [0.29, 0.717) is 18.2 Å².